The lowest BCUT2D eigenvalue weighted by atomic mass is 10.2. The molecule has 0 atom stereocenters. The van der Waals surface area contributed by atoms with Crippen LogP contribution < -0.4 is 10.6 Å². The molecule has 0 saturated carbocycles. The highest BCUT2D eigenvalue weighted by atomic mass is 16.2. The molecule has 1 aromatic carbocycles. The van der Waals surface area contributed by atoms with Crippen LogP contribution in [-0.4, -0.2) is 47.7 Å². The van der Waals surface area contributed by atoms with Crippen LogP contribution in [0.2, 0.25) is 0 Å². The largest absolute Gasteiger partial charge is 0.354 e. The van der Waals surface area contributed by atoms with E-state index in [0.717, 1.165) is 17.3 Å². The molecule has 0 aliphatic carbocycles. The lowest BCUT2D eigenvalue weighted by Crippen LogP contribution is -2.41. The molecule has 0 saturated heterocycles. The average Bonchev–Trinajstić information content (AvgIpc) is 3.04. The van der Waals surface area contributed by atoms with Crippen molar-refractivity contribution in [3.63, 3.8) is 0 Å². The summed E-state index contributed by atoms with van der Waals surface area (Å²) in [6.07, 6.45) is 4.63. The zero-order valence-corrected chi connectivity index (χ0v) is 13.3. The van der Waals surface area contributed by atoms with Gasteiger partial charge in [-0.25, -0.2) is 0 Å². The Balaban J connectivity index is 1.74. The van der Waals surface area contributed by atoms with Crippen LogP contribution in [0.25, 0.3) is 10.9 Å². The number of carbonyl (C=O) groups excluding carboxylic acids is 3. The standard InChI is InChI=1S/C17H18N4O3/c1-18-15(22)14-10-11-9-12(5-6-13(11)20-14)19-16(23)17(24)21-7-3-2-4-8-21/h2-3,5-6,9-10,20H,4,7-8H2,1H3,(H,18,22)(H,19,23). The second-order valence-electron chi connectivity index (χ2n) is 5.53. The first-order chi connectivity index (χ1) is 11.6. The summed E-state index contributed by atoms with van der Waals surface area (Å²) in [4.78, 5) is 40.4. The number of nitrogens with one attached hydrogen (secondary N) is 3. The minimum absolute atomic E-state index is 0.217. The van der Waals surface area contributed by atoms with Gasteiger partial charge in [-0.3, -0.25) is 14.4 Å². The number of anilines is 1. The number of rotatable bonds is 2. The van der Waals surface area contributed by atoms with Gasteiger partial charge in [-0.2, -0.15) is 0 Å². The molecule has 7 nitrogen and oxygen atoms in total. The van der Waals surface area contributed by atoms with Gasteiger partial charge in [-0.15, -0.1) is 0 Å². The van der Waals surface area contributed by atoms with E-state index in [1.165, 1.54) is 4.90 Å². The fourth-order valence-electron chi connectivity index (χ4n) is 2.62. The molecule has 124 valence electrons. The predicted octanol–water partition coefficient (Wildman–Crippen LogP) is 1.25. The second-order valence-corrected chi connectivity index (χ2v) is 5.53. The van der Waals surface area contributed by atoms with Crippen LogP contribution in [0.3, 0.4) is 0 Å². The van der Waals surface area contributed by atoms with Crippen molar-refractivity contribution >= 4 is 34.3 Å². The Kier molecular flexibility index (Phi) is 4.33. The van der Waals surface area contributed by atoms with Gasteiger partial charge in [0.2, 0.25) is 0 Å². The molecule has 2 heterocycles. The van der Waals surface area contributed by atoms with E-state index in [0.29, 0.717) is 24.5 Å². The first-order valence-corrected chi connectivity index (χ1v) is 7.68. The van der Waals surface area contributed by atoms with Gasteiger partial charge in [-0.1, -0.05) is 12.2 Å². The van der Waals surface area contributed by atoms with Crippen LogP contribution in [0.1, 0.15) is 16.9 Å². The van der Waals surface area contributed by atoms with Crippen LogP contribution in [0.4, 0.5) is 5.69 Å². The number of aromatic nitrogens is 1. The van der Waals surface area contributed by atoms with E-state index in [4.69, 9.17) is 0 Å². The van der Waals surface area contributed by atoms with Gasteiger partial charge in [0.25, 0.3) is 5.91 Å². The molecule has 24 heavy (non-hydrogen) atoms. The zero-order chi connectivity index (χ0) is 17.1. The molecular weight excluding hydrogens is 308 g/mol. The summed E-state index contributed by atoms with van der Waals surface area (Å²) in [5.74, 6) is -1.42. The minimum atomic E-state index is -0.660. The number of hydrogen-bond acceptors (Lipinski definition) is 3. The van der Waals surface area contributed by atoms with Crippen LogP contribution in [0.5, 0.6) is 0 Å². The third kappa shape index (κ3) is 3.15. The quantitative estimate of drug-likeness (QED) is 0.573. The molecule has 2 aromatic rings. The van der Waals surface area contributed by atoms with Gasteiger partial charge >= 0.3 is 11.8 Å². The van der Waals surface area contributed by atoms with Crippen molar-refractivity contribution in [2.75, 3.05) is 25.5 Å². The van der Waals surface area contributed by atoms with Gasteiger partial charge in [-0.05, 0) is 30.7 Å². The molecule has 1 aliphatic rings. The number of H-pyrrole nitrogens is 1. The second kappa shape index (κ2) is 6.57. The van der Waals surface area contributed by atoms with Crippen molar-refractivity contribution in [3.05, 3.63) is 42.1 Å². The predicted molar refractivity (Wildman–Crippen MR) is 90.7 cm³/mol. The molecular formula is C17H18N4O3. The molecule has 7 heteroatoms. The smallest absolute Gasteiger partial charge is 0.313 e. The Bertz CT molecular complexity index is 837. The van der Waals surface area contributed by atoms with Gasteiger partial charge in [0.05, 0.1) is 0 Å². The van der Waals surface area contributed by atoms with E-state index in [9.17, 15) is 14.4 Å². The summed E-state index contributed by atoms with van der Waals surface area (Å²) in [5, 5.41) is 5.94. The lowest BCUT2D eigenvalue weighted by Gasteiger charge is -2.22. The molecule has 3 rings (SSSR count). The monoisotopic (exact) mass is 326 g/mol. The van der Waals surface area contributed by atoms with Crippen LogP contribution in [0, 0.1) is 0 Å². The van der Waals surface area contributed by atoms with Gasteiger partial charge in [0.15, 0.2) is 0 Å². The van der Waals surface area contributed by atoms with Crippen molar-refractivity contribution in [2.24, 2.45) is 0 Å². The molecule has 0 spiro atoms. The third-order valence-corrected chi connectivity index (χ3v) is 3.89. The third-order valence-electron chi connectivity index (χ3n) is 3.89. The van der Waals surface area contributed by atoms with E-state index in [1.807, 2.05) is 12.2 Å². The average molecular weight is 326 g/mol. The van der Waals surface area contributed by atoms with Gasteiger partial charge < -0.3 is 20.5 Å². The maximum atomic E-state index is 12.1. The van der Waals surface area contributed by atoms with Crippen molar-refractivity contribution in [1.29, 1.82) is 0 Å². The van der Waals surface area contributed by atoms with Gasteiger partial charge in [0, 0.05) is 36.7 Å². The number of amides is 3. The van der Waals surface area contributed by atoms with Crippen molar-refractivity contribution in [2.45, 2.75) is 6.42 Å². The molecule has 3 amide bonds. The van der Waals surface area contributed by atoms with E-state index in [2.05, 4.69) is 15.6 Å². The van der Waals surface area contributed by atoms with E-state index < -0.39 is 11.8 Å². The zero-order valence-electron chi connectivity index (χ0n) is 13.3. The Morgan fingerprint density at radius 2 is 2.00 bits per heavy atom. The fraction of sp³-hybridized carbons (Fsp3) is 0.235. The molecule has 0 radical (unpaired) electrons. The first kappa shape index (κ1) is 15.8. The SMILES string of the molecule is CNC(=O)c1cc2cc(NC(=O)C(=O)N3CC=CCC3)ccc2[nH]1. The minimum Gasteiger partial charge on any atom is -0.354 e. The summed E-state index contributed by atoms with van der Waals surface area (Å²) in [6, 6.07) is 6.86. The molecule has 1 aliphatic heterocycles. The Morgan fingerprint density at radius 3 is 2.71 bits per heavy atom. The molecule has 0 unspecified atom stereocenters. The van der Waals surface area contributed by atoms with Crippen molar-refractivity contribution in [3.8, 4) is 0 Å². The maximum absolute atomic E-state index is 12.1. The van der Waals surface area contributed by atoms with Crippen molar-refractivity contribution < 1.29 is 14.4 Å². The normalized spacial score (nSPS) is 13.8. The highest BCUT2D eigenvalue weighted by Gasteiger charge is 2.22. The van der Waals surface area contributed by atoms with E-state index in [-0.39, 0.29) is 5.91 Å². The number of aromatic amines is 1. The number of fused-ring (bicyclic) bond motifs is 1. The van der Waals surface area contributed by atoms with Crippen LogP contribution in [-0.2, 0) is 9.59 Å². The fourth-order valence-corrected chi connectivity index (χ4v) is 2.62. The summed E-state index contributed by atoms with van der Waals surface area (Å²) in [7, 11) is 1.56. The maximum Gasteiger partial charge on any atom is 0.313 e. The van der Waals surface area contributed by atoms with Crippen molar-refractivity contribution in [1.82, 2.24) is 15.2 Å². The number of carbonyl (C=O) groups is 3. The first-order valence-electron chi connectivity index (χ1n) is 7.68. The molecule has 3 N–H and O–H groups in total. The summed E-state index contributed by atoms with van der Waals surface area (Å²) < 4.78 is 0. The highest BCUT2D eigenvalue weighted by Crippen LogP contribution is 2.20. The molecule has 0 bridgehead atoms. The van der Waals surface area contributed by atoms with E-state index in [1.54, 1.807) is 31.3 Å². The highest BCUT2D eigenvalue weighted by molar-refractivity contribution is 6.39. The Hall–Kier alpha value is -3.09. The van der Waals surface area contributed by atoms with Crippen LogP contribution >= 0.6 is 0 Å². The molecule has 0 fully saturated rings. The Morgan fingerprint density at radius 1 is 1.17 bits per heavy atom. The summed E-state index contributed by atoms with van der Waals surface area (Å²) in [5.41, 5.74) is 1.72. The Labute approximate surface area is 138 Å². The lowest BCUT2D eigenvalue weighted by molar-refractivity contribution is -0.142. The summed E-state index contributed by atoms with van der Waals surface area (Å²) in [6.45, 7) is 1.01. The number of nitrogens with zero attached hydrogens (tertiary/aromatic N) is 1. The summed E-state index contributed by atoms with van der Waals surface area (Å²) >= 11 is 0. The van der Waals surface area contributed by atoms with E-state index >= 15 is 0 Å². The topological polar surface area (TPSA) is 94.3 Å². The number of hydrogen-bond donors (Lipinski definition) is 3. The van der Waals surface area contributed by atoms with Gasteiger partial charge in [0.1, 0.15) is 5.69 Å². The number of benzene rings is 1. The van der Waals surface area contributed by atoms with Crippen LogP contribution in [0.15, 0.2) is 36.4 Å². The molecule has 1 aromatic heterocycles.